The van der Waals surface area contributed by atoms with E-state index in [1.165, 1.54) is 5.56 Å². The smallest absolute Gasteiger partial charge is 0.162 e. The molecular weight excluding hydrogens is 286 g/mol. The Morgan fingerprint density at radius 2 is 2.00 bits per heavy atom. The van der Waals surface area contributed by atoms with Crippen LogP contribution in [-0.2, 0) is 0 Å². The van der Waals surface area contributed by atoms with E-state index in [4.69, 9.17) is 10.7 Å². The van der Waals surface area contributed by atoms with Gasteiger partial charge in [-0.15, -0.1) is 0 Å². The second kappa shape index (κ2) is 6.71. The highest BCUT2D eigenvalue weighted by Crippen LogP contribution is 2.27. The monoisotopic (exact) mass is 309 g/mol. The maximum atomic E-state index is 6.09. The lowest BCUT2D eigenvalue weighted by Gasteiger charge is -2.13. The summed E-state index contributed by atoms with van der Waals surface area (Å²) in [5.74, 6) is 1.01. The molecule has 1 aromatic carbocycles. The Morgan fingerprint density at radius 1 is 1.17 bits per heavy atom. The molecule has 0 bridgehead atoms. The van der Waals surface area contributed by atoms with Gasteiger partial charge in [0.15, 0.2) is 5.65 Å². The minimum absolute atomic E-state index is 0.693. The van der Waals surface area contributed by atoms with Gasteiger partial charge in [-0.2, -0.15) is 0 Å². The Kier molecular flexibility index (Phi) is 4.48. The van der Waals surface area contributed by atoms with Crippen LogP contribution in [0.25, 0.3) is 16.9 Å². The lowest BCUT2D eigenvalue weighted by atomic mass is 10.1. The number of benzene rings is 1. The van der Waals surface area contributed by atoms with Gasteiger partial charge in [0.25, 0.3) is 0 Å². The number of nitrogen functional groups attached to an aromatic ring is 1. The average molecular weight is 309 g/mol. The molecule has 23 heavy (non-hydrogen) atoms. The van der Waals surface area contributed by atoms with E-state index in [2.05, 4.69) is 35.8 Å². The molecule has 0 aliphatic heterocycles. The molecule has 0 atom stereocenters. The Morgan fingerprint density at radius 3 is 2.78 bits per heavy atom. The molecule has 2 aromatic heterocycles. The van der Waals surface area contributed by atoms with Gasteiger partial charge in [0.05, 0.1) is 11.4 Å². The number of aromatic nitrogens is 2. The number of hydrogen-bond donors (Lipinski definition) is 3. The van der Waals surface area contributed by atoms with Crippen molar-refractivity contribution in [2.24, 2.45) is 0 Å². The number of aryl methyl sites for hydroxylation is 1. The van der Waals surface area contributed by atoms with E-state index in [1.54, 1.807) is 0 Å². The molecule has 0 saturated carbocycles. The van der Waals surface area contributed by atoms with Crippen molar-refractivity contribution < 1.29 is 0 Å². The number of anilines is 2. The lowest BCUT2D eigenvalue weighted by Crippen LogP contribution is -2.14. The zero-order valence-electron chi connectivity index (χ0n) is 13.6. The Labute approximate surface area is 136 Å². The van der Waals surface area contributed by atoms with Crippen molar-refractivity contribution in [3.05, 3.63) is 48.2 Å². The highest BCUT2D eigenvalue weighted by molar-refractivity contribution is 5.75. The van der Waals surface area contributed by atoms with Gasteiger partial charge in [0.1, 0.15) is 5.82 Å². The Bertz CT molecular complexity index is 806. The van der Waals surface area contributed by atoms with E-state index >= 15 is 0 Å². The van der Waals surface area contributed by atoms with Crippen molar-refractivity contribution in [2.75, 3.05) is 31.2 Å². The van der Waals surface area contributed by atoms with E-state index in [0.717, 1.165) is 42.2 Å². The van der Waals surface area contributed by atoms with Gasteiger partial charge < -0.3 is 16.4 Å². The predicted molar refractivity (Wildman–Crippen MR) is 96.8 cm³/mol. The SMILES string of the molecule is CNCCCNc1cc(-c2ccccc2C)nc2c(N)ccn12. The van der Waals surface area contributed by atoms with Crippen molar-refractivity contribution in [1.29, 1.82) is 0 Å². The topological polar surface area (TPSA) is 67.4 Å². The number of nitrogens with two attached hydrogens (primary N) is 1. The number of hydrogen-bond acceptors (Lipinski definition) is 4. The molecule has 0 unspecified atom stereocenters. The zero-order chi connectivity index (χ0) is 16.2. The molecule has 3 rings (SSSR count). The Hall–Kier alpha value is -2.53. The van der Waals surface area contributed by atoms with Gasteiger partial charge in [0.2, 0.25) is 0 Å². The average Bonchev–Trinajstić information content (AvgIpc) is 2.93. The number of nitrogens with one attached hydrogen (secondary N) is 2. The second-order valence-electron chi connectivity index (χ2n) is 5.69. The van der Waals surface area contributed by atoms with E-state index in [0.29, 0.717) is 5.69 Å². The molecule has 5 nitrogen and oxygen atoms in total. The summed E-state index contributed by atoms with van der Waals surface area (Å²) < 4.78 is 2.01. The maximum Gasteiger partial charge on any atom is 0.162 e. The van der Waals surface area contributed by atoms with Gasteiger partial charge in [0, 0.05) is 24.4 Å². The summed E-state index contributed by atoms with van der Waals surface area (Å²) in [6.45, 7) is 3.98. The summed E-state index contributed by atoms with van der Waals surface area (Å²) >= 11 is 0. The fourth-order valence-electron chi connectivity index (χ4n) is 2.71. The first-order valence-electron chi connectivity index (χ1n) is 7.93. The zero-order valence-corrected chi connectivity index (χ0v) is 13.6. The highest BCUT2D eigenvalue weighted by atomic mass is 15.1. The fourth-order valence-corrected chi connectivity index (χ4v) is 2.71. The summed E-state index contributed by atoms with van der Waals surface area (Å²) in [5.41, 5.74) is 10.9. The highest BCUT2D eigenvalue weighted by Gasteiger charge is 2.11. The summed E-state index contributed by atoms with van der Waals surface area (Å²) in [6, 6.07) is 12.3. The van der Waals surface area contributed by atoms with E-state index in [1.807, 2.05) is 35.8 Å². The molecule has 5 heteroatoms. The van der Waals surface area contributed by atoms with Gasteiger partial charge in [-0.1, -0.05) is 24.3 Å². The molecule has 0 spiro atoms. The van der Waals surface area contributed by atoms with Gasteiger partial charge in [-0.25, -0.2) is 4.98 Å². The molecular formula is C18H23N5. The van der Waals surface area contributed by atoms with Crippen LogP contribution in [0.5, 0.6) is 0 Å². The normalized spacial score (nSPS) is 11.0. The molecule has 0 fully saturated rings. The minimum atomic E-state index is 0.693. The molecule has 0 saturated heterocycles. The summed E-state index contributed by atoms with van der Waals surface area (Å²) in [4.78, 5) is 4.76. The van der Waals surface area contributed by atoms with Gasteiger partial charge in [-0.05, 0) is 38.6 Å². The number of rotatable bonds is 6. The van der Waals surface area contributed by atoms with Crippen molar-refractivity contribution in [1.82, 2.24) is 14.7 Å². The number of fused-ring (bicyclic) bond motifs is 1. The van der Waals surface area contributed by atoms with Gasteiger partial charge >= 0.3 is 0 Å². The standard InChI is InChI=1S/C18H23N5/c1-13-6-3-4-7-14(13)16-12-17(21-10-5-9-20-2)23-11-8-15(19)18(23)22-16/h3-4,6-8,11-12,20-21H,5,9-10,19H2,1-2H3. The summed E-state index contributed by atoms with van der Waals surface area (Å²) in [6.07, 6.45) is 3.01. The lowest BCUT2D eigenvalue weighted by molar-refractivity contribution is 0.746. The van der Waals surface area contributed by atoms with Crippen molar-refractivity contribution >= 4 is 17.2 Å². The first-order chi connectivity index (χ1) is 11.2. The van der Waals surface area contributed by atoms with Crippen LogP contribution in [0.4, 0.5) is 11.5 Å². The van der Waals surface area contributed by atoms with Crippen LogP contribution in [0, 0.1) is 6.92 Å². The summed E-state index contributed by atoms with van der Waals surface area (Å²) in [5, 5.41) is 6.65. The largest absolute Gasteiger partial charge is 0.396 e. The van der Waals surface area contributed by atoms with Crippen LogP contribution in [0.3, 0.4) is 0 Å². The predicted octanol–water partition coefficient (Wildman–Crippen LogP) is 2.91. The quantitative estimate of drug-likeness (QED) is 0.613. The van der Waals surface area contributed by atoms with Crippen LogP contribution >= 0.6 is 0 Å². The molecule has 0 aliphatic carbocycles. The third kappa shape index (κ3) is 3.14. The van der Waals surface area contributed by atoms with E-state index in [-0.39, 0.29) is 0 Å². The van der Waals surface area contributed by atoms with Crippen LogP contribution < -0.4 is 16.4 Å². The van der Waals surface area contributed by atoms with E-state index in [9.17, 15) is 0 Å². The number of nitrogens with zero attached hydrogens (tertiary/aromatic N) is 2. The van der Waals surface area contributed by atoms with Crippen LogP contribution in [-0.4, -0.2) is 29.5 Å². The Balaban J connectivity index is 2.02. The minimum Gasteiger partial charge on any atom is -0.396 e. The molecule has 2 heterocycles. The third-order valence-corrected chi connectivity index (χ3v) is 3.98. The molecule has 0 amide bonds. The molecule has 0 radical (unpaired) electrons. The second-order valence-corrected chi connectivity index (χ2v) is 5.69. The van der Waals surface area contributed by atoms with Crippen molar-refractivity contribution in [3.8, 4) is 11.3 Å². The fraction of sp³-hybridized carbons (Fsp3) is 0.278. The van der Waals surface area contributed by atoms with Crippen molar-refractivity contribution in [3.63, 3.8) is 0 Å². The van der Waals surface area contributed by atoms with E-state index < -0.39 is 0 Å². The molecule has 0 aliphatic rings. The van der Waals surface area contributed by atoms with Crippen LogP contribution in [0.15, 0.2) is 42.6 Å². The van der Waals surface area contributed by atoms with Crippen LogP contribution in [0.1, 0.15) is 12.0 Å². The summed E-state index contributed by atoms with van der Waals surface area (Å²) in [7, 11) is 1.97. The van der Waals surface area contributed by atoms with Crippen LogP contribution in [0.2, 0.25) is 0 Å². The molecule has 120 valence electrons. The maximum absolute atomic E-state index is 6.09. The molecule has 4 N–H and O–H groups in total. The van der Waals surface area contributed by atoms with Crippen molar-refractivity contribution in [2.45, 2.75) is 13.3 Å². The third-order valence-electron chi connectivity index (χ3n) is 3.98. The molecule has 3 aromatic rings. The first-order valence-corrected chi connectivity index (χ1v) is 7.93. The first kappa shape index (κ1) is 15.4. The van der Waals surface area contributed by atoms with Gasteiger partial charge in [-0.3, -0.25) is 4.40 Å².